The number of nitrogens with two attached hydrogens (primary N) is 1. The van der Waals surface area contributed by atoms with Crippen molar-refractivity contribution in [2.75, 3.05) is 12.3 Å². The Morgan fingerprint density at radius 2 is 1.60 bits per heavy atom. The molecule has 1 aliphatic heterocycles. The smallest absolute Gasteiger partial charge is 0.351 e. The zero-order chi connectivity index (χ0) is 25.2. The number of rotatable bonds is 8. The van der Waals surface area contributed by atoms with Gasteiger partial charge in [0, 0.05) is 6.20 Å². The number of hydrogen-bond donors (Lipinski definition) is 2. The summed E-state index contributed by atoms with van der Waals surface area (Å²) in [5.74, 6) is 0.150. The van der Waals surface area contributed by atoms with Gasteiger partial charge in [0.05, 0.1) is 6.61 Å². The van der Waals surface area contributed by atoms with Crippen LogP contribution in [0.1, 0.15) is 70.4 Å². The predicted molar refractivity (Wildman–Crippen MR) is 142 cm³/mol. The van der Waals surface area contributed by atoms with Crippen molar-refractivity contribution in [1.29, 1.82) is 0 Å². The number of aliphatic hydroxyl groups excluding tert-OH is 1. The van der Waals surface area contributed by atoms with E-state index in [1.165, 1.54) is 68.8 Å². The van der Waals surface area contributed by atoms with Gasteiger partial charge in [0.25, 0.3) is 0 Å². The first-order valence-electron chi connectivity index (χ1n) is 13.6. The topological polar surface area (TPSA) is 109 Å². The van der Waals surface area contributed by atoms with Gasteiger partial charge < -0.3 is 24.4 Å². The summed E-state index contributed by atoms with van der Waals surface area (Å²) in [5.41, 5.74) is 6.37. The molecule has 2 heterocycles. The second-order valence-electron chi connectivity index (χ2n) is 11.9. The van der Waals surface area contributed by atoms with Gasteiger partial charge in [0.15, 0.2) is 22.9 Å². The molecule has 2 aliphatic carbocycles. The molecule has 198 valence electrons. The minimum absolute atomic E-state index is 0.150. The van der Waals surface area contributed by atoms with Gasteiger partial charge in [-0.25, -0.2) is 4.79 Å². The van der Waals surface area contributed by atoms with Crippen molar-refractivity contribution in [3.05, 3.63) is 22.7 Å². The SMILES string of the molecule is C[Si](C)(OCC1OC(n2ccc(N)nc2=O)C(O)C1O[Si](C)(C)C1CCCCC1)C1CCCCC1. The van der Waals surface area contributed by atoms with Crippen molar-refractivity contribution in [3.8, 4) is 0 Å². The second kappa shape index (κ2) is 11.1. The lowest BCUT2D eigenvalue weighted by atomic mass is 10.0. The standard InChI is InChI=1S/C25H45N3O5Si2/c1-34(2,18-11-7-5-8-12-18)31-17-20-23(33-35(3,4)19-13-9-6-10-14-19)22(29)24(32-20)28-16-15-21(26)27-25(28)30/h15-16,18-20,22-24,29H,5-14,17H2,1-4H3,(H2,26,27,30). The molecule has 0 radical (unpaired) electrons. The lowest BCUT2D eigenvalue weighted by Gasteiger charge is -2.39. The molecule has 3 N–H and O–H groups in total. The molecule has 0 spiro atoms. The third-order valence-electron chi connectivity index (χ3n) is 8.67. The van der Waals surface area contributed by atoms with Crippen molar-refractivity contribution >= 4 is 22.5 Å². The molecule has 2 saturated carbocycles. The van der Waals surface area contributed by atoms with Crippen LogP contribution in [0.15, 0.2) is 17.1 Å². The number of aliphatic hydroxyl groups is 1. The highest BCUT2D eigenvalue weighted by atomic mass is 28.4. The predicted octanol–water partition coefficient (Wildman–Crippen LogP) is 4.56. The van der Waals surface area contributed by atoms with Gasteiger partial charge in [-0.2, -0.15) is 4.98 Å². The Labute approximate surface area is 211 Å². The first kappa shape index (κ1) is 27.0. The lowest BCUT2D eigenvalue weighted by Crippen LogP contribution is -2.49. The zero-order valence-corrected chi connectivity index (χ0v) is 23.9. The van der Waals surface area contributed by atoms with Gasteiger partial charge >= 0.3 is 5.69 Å². The fraction of sp³-hybridized carbons (Fsp3) is 0.840. The number of anilines is 1. The summed E-state index contributed by atoms with van der Waals surface area (Å²) in [6, 6.07) is 1.55. The van der Waals surface area contributed by atoms with Crippen LogP contribution < -0.4 is 11.4 Å². The van der Waals surface area contributed by atoms with E-state index in [1.54, 1.807) is 12.3 Å². The van der Waals surface area contributed by atoms with Crippen molar-refractivity contribution in [2.45, 2.75) is 126 Å². The van der Waals surface area contributed by atoms with Crippen LogP contribution in [-0.2, 0) is 13.6 Å². The fourth-order valence-corrected chi connectivity index (χ4v) is 11.9. The molecule has 1 aromatic heterocycles. The van der Waals surface area contributed by atoms with Gasteiger partial charge in [-0.05, 0) is 43.3 Å². The number of nitrogen functional groups attached to an aromatic ring is 1. The molecule has 0 bridgehead atoms. The number of ether oxygens (including phenoxy) is 1. The van der Waals surface area contributed by atoms with Crippen molar-refractivity contribution < 1.29 is 18.7 Å². The molecule has 3 aliphatic rings. The Balaban J connectivity index is 1.53. The molecule has 3 fully saturated rings. The maximum Gasteiger partial charge on any atom is 0.351 e. The van der Waals surface area contributed by atoms with Crippen LogP contribution in [0.3, 0.4) is 0 Å². The summed E-state index contributed by atoms with van der Waals surface area (Å²) >= 11 is 0. The average molecular weight is 524 g/mol. The highest BCUT2D eigenvalue weighted by Gasteiger charge is 2.50. The summed E-state index contributed by atoms with van der Waals surface area (Å²) in [6.45, 7) is 9.51. The molecular formula is C25H45N3O5Si2. The van der Waals surface area contributed by atoms with Crippen LogP contribution in [-0.4, -0.2) is 56.2 Å². The fourth-order valence-electron chi connectivity index (χ4n) is 6.31. The Morgan fingerprint density at radius 1 is 1.03 bits per heavy atom. The van der Waals surface area contributed by atoms with Crippen molar-refractivity contribution in [1.82, 2.24) is 9.55 Å². The van der Waals surface area contributed by atoms with E-state index in [0.717, 1.165) is 0 Å². The quantitative estimate of drug-likeness (QED) is 0.481. The van der Waals surface area contributed by atoms with E-state index in [0.29, 0.717) is 17.7 Å². The Hall–Kier alpha value is -1.05. The van der Waals surface area contributed by atoms with Crippen LogP contribution in [0.25, 0.3) is 0 Å². The zero-order valence-electron chi connectivity index (χ0n) is 21.9. The lowest BCUT2D eigenvalue weighted by molar-refractivity contribution is -0.0526. The second-order valence-corrected chi connectivity index (χ2v) is 20.4. The molecule has 0 aromatic carbocycles. The van der Waals surface area contributed by atoms with Crippen LogP contribution in [0.5, 0.6) is 0 Å². The minimum Gasteiger partial charge on any atom is -0.414 e. The first-order chi connectivity index (χ1) is 16.6. The van der Waals surface area contributed by atoms with Crippen LogP contribution in [0.4, 0.5) is 5.82 Å². The summed E-state index contributed by atoms with van der Waals surface area (Å²) in [5, 5.41) is 11.4. The Bertz CT molecular complexity index is 899. The average Bonchev–Trinajstić information content (AvgIpc) is 3.13. The van der Waals surface area contributed by atoms with Crippen molar-refractivity contribution in [2.24, 2.45) is 0 Å². The molecule has 1 saturated heterocycles. The van der Waals surface area contributed by atoms with E-state index >= 15 is 0 Å². The maximum absolute atomic E-state index is 12.6. The maximum atomic E-state index is 12.6. The third-order valence-corrected chi connectivity index (χ3v) is 15.5. The molecule has 4 unspecified atom stereocenters. The highest BCUT2D eigenvalue weighted by Crippen LogP contribution is 2.42. The Morgan fingerprint density at radius 3 is 2.17 bits per heavy atom. The summed E-state index contributed by atoms with van der Waals surface area (Å²) in [4.78, 5) is 16.4. The normalized spacial score (nSPS) is 29.5. The van der Waals surface area contributed by atoms with E-state index in [1.807, 2.05) is 0 Å². The van der Waals surface area contributed by atoms with Gasteiger partial charge in [-0.3, -0.25) is 4.57 Å². The summed E-state index contributed by atoms with van der Waals surface area (Å²) in [7, 11) is -4.05. The van der Waals surface area contributed by atoms with Gasteiger partial charge in [-0.1, -0.05) is 64.2 Å². The molecular weight excluding hydrogens is 478 g/mol. The molecule has 8 nitrogen and oxygen atoms in total. The third kappa shape index (κ3) is 6.27. The van der Waals surface area contributed by atoms with Gasteiger partial charge in [0.1, 0.15) is 24.1 Å². The summed E-state index contributed by atoms with van der Waals surface area (Å²) < 4.78 is 21.1. The molecule has 1 aromatic rings. The van der Waals surface area contributed by atoms with E-state index in [9.17, 15) is 9.90 Å². The molecule has 0 amide bonds. The van der Waals surface area contributed by atoms with E-state index in [2.05, 4.69) is 31.2 Å². The van der Waals surface area contributed by atoms with Gasteiger partial charge in [0.2, 0.25) is 0 Å². The van der Waals surface area contributed by atoms with Crippen LogP contribution in [0.2, 0.25) is 37.3 Å². The number of hydrogen-bond acceptors (Lipinski definition) is 7. The molecule has 10 heteroatoms. The minimum atomic E-state index is -2.12. The van der Waals surface area contributed by atoms with Gasteiger partial charge in [-0.15, -0.1) is 0 Å². The largest absolute Gasteiger partial charge is 0.414 e. The Kier molecular flexibility index (Phi) is 8.60. The van der Waals surface area contributed by atoms with Crippen LogP contribution in [0, 0.1) is 0 Å². The monoisotopic (exact) mass is 523 g/mol. The number of nitrogens with zero attached hydrogens (tertiary/aromatic N) is 2. The first-order valence-corrected chi connectivity index (χ1v) is 19.6. The highest BCUT2D eigenvalue weighted by molar-refractivity contribution is 6.73. The molecule has 35 heavy (non-hydrogen) atoms. The number of aromatic nitrogens is 2. The van der Waals surface area contributed by atoms with E-state index < -0.39 is 46.9 Å². The molecule has 4 rings (SSSR count). The van der Waals surface area contributed by atoms with E-state index in [-0.39, 0.29) is 5.82 Å². The molecule has 4 atom stereocenters. The van der Waals surface area contributed by atoms with Crippen molar-refractivity contribution in [3.63, 3.8) is 0 Å². The summed E-state index contributed by atoms with van der Waals surface area (Å²) in [6.07, 6.45) is 11.2. The van der Waals surface area contributed by atoms with Crippen LogP contribution >= 0.6 is 0 Å². The van der Waals surface area contributed by atoms with E-state index in [4.69, 9.17) is 19.3 Å².